The Kier molecular flexibility index (Phi) is 4.86. The van der Waals surface area contributed by atoms with Crippen LogP contribution >= 0.6 is 15.9 Å². The Labute approximate surface area is 123 Å². The first-order valence-electron chi connectivity index (χ1n) is 5.94. The normalized spacial score (nSPS) is 10.6. The SMILES string of the molecule is NCCOc1cnn(Cc2cc(Br)ccc2F)c(=O)c1. The number of ether oxygens (including phenoxy) is 1. The molecule has 0 fully saturated rings. The third-order valence-corrected chi connectivity index (χ3v) is 3.05. The molecule has 2 aromatic rings. The van der Waals surface area contributed by atoms with Crippen molar-refractivity contribution >= 4 is 15.9 Å². The van der Waals surface area contributed by atoms with Crippen LogP contribution in [0.4, 0.5) is 4.39 Å². The van der Waals surface area contributed by atoms with Gasteiger partial charge >= 0.3 is 0 Å². The fourth-order valence-electron chi connectivity index (χ4n) is 1.62. The molecule has 0 amide bonds. The molecule has 0 radical (unpaired) electrons. The molecule has 0 unspecified atom stereocenters. The Morgan fingerprint density at radius 3 is 2.90 bits per heavy atom. The van der Waals surface area contributed by atoms with Gasteiger partial charge in [0.15, 0.2) is 0 Å². The van der Waals surface area contributed by atoms with Crippen molar-refractivity contribution in [2.45, 2.75) is 6.54 Å². The Morgan fingerprint density at radius 2 is 2.20 bits per heavy atom. The van der Waals surface area contributed by atoms with Crippen LogP contribution in [-0.4, -0.2) is 22.9 Å². The van der Waals surface area contributed by atoms with Gasteiger partial charge in [-0.25, -0.2) is 9.07 Å². The van der Waals surface area contributed by atoms with Crippen molar-refractivity contribution in [1.29, 1.82) is 0 Å². The zero-order chi connectivity index (χ0) is 14.5. The van der Waals surface area contributed by atoms with E-state index in [1.807, 2.05) is 0 Å². The predicted molar refractivity (Wildman–Crippen MR) is 76.2 cm³/mol. The van der Waals surface area contributed by atoms with Crippen molar-refractivity contribution in [2.24, 2.45) is 5.73 Å². The summed E-state index contributed by atoms with van der Waals surface area (Å²) in [6.45, 7) is 0.721. The van der Waals surface area contributed by atoms with Crippen molar-refractivity contribution < 1.29 is 9.13 Å². The molecule has 20 heavy (non-hydrogen) atoms. The number of benzene rings is 1. The first-order chi connectivity index (χ1) is 9.60. The standard InChI is InChI=1S/C13H13BrFN3O2/c14-10-1-2-12(15)9(5-10)8-18-13(19)6-11(7-17-18)20-4-3-16/h1-2,5-7H,3-4,8,16H2. The molecule has 2 rings (SSSR count). The Bertz CT molecular complexity index is 660. The van der Waals surface area contributed by atoms with Crippen molar-refractivity contribution in [1.82, 2.24) is 9.78 Å². The van der Waals surface area contributed by atoms with Crippen molar-refractivity contribution in [3.63, 3.8) is 0 Å². The molecule has 0 atom stereocenters. The number of hydrogen-bond donors (Lipinski definition) is 1. The molecule has 106 valence electrons. The predicted octanol–water partition coefficient (Wildman–Crippen LogP) is 1.53. The van der Waals surface area contributed by atoms with E-state index in [0.717, 1.165) is 4.47 Å². The lowest BCUT2D eigenvalue weighted by Crippen LogP contribution is -2.23. The van der Waals surface area contributed by atoms with Gasteiger partial charge in [0, 0.05) is 22.6 Å². The molecule has 1 aromatic heterocycles. The quantitative estimate of drug-likeness (QED) is 0.895. The molecule has 0 spiro atoms. The number of rotatable bonds is 5. The Balaban J connectivity index is 2.21. The zero-order valence-corrected chi connectivity index (χ0v) is 12.1. The van der Waals surface area contributed by atoms with Crippen molar-refractivity contribution in [2.75, 3.05) is 13.2 Å². The highest BCUT2D eigenvalue weighted by molar-refractivity contribution is 9.10. The topological polar surface area (TPSA) is 70.1 Å². The molecule has 1 aromatic carbocycles. The summed E-state index contributed by atoms with van der Waals surface area (Å²) in [6, 6.07) is 5.85. The van der Waals surface area contributed by atoms with Crippen LogP contribution in [0.3, 0.4) is 0 Å². The summed E-state index contributed by atoms with van der Waals surface area (Å²) in [5.41, 5.74) is 5.32. The average Bonchev–Trinajstić information content (AvgIpc) is 2.43. The second kappa shape index (κ2) is 6.62. The highest BCUT2D eigenvalue weighted by atomic mass is 79.9. The zero-order valence-electron chi connectivity index (χ0n) is 10.6. The van der Waals surface area contributed by atoms with E-state index >= 15 is 0 Å². The lowest BCUT2D eigenvalue weighted by Gasteiger charge is -2.08. The highest BCUT2D eigenvalue weighted by Gasteiger charge is 2.07. The molecular formula is C13H13BrFN3O2. The highest BCUT2D eigenvalue weighted by Crippen LogP contribution is 2.16. The van der Waals surface area contributed by atoms with Crippen LogP contribution in [0.25, 0.3) is 0 Å². The molecule has 1 heterocycles. The third-order valence-electron chi connectivity index (χ3n) is 2.56. The van der Waals surface area contributed by atoms with Crippen LogP contribution in [0.2, 0.25) is 0 Å². The van der Waals surface area contributed by atoms with E-state index in [1.165, 1.54) is 23.0 Å². The van der Waals surface area contributed by atoms with Gasteiger partial charge in [-0.3, -0.25) is 4.79 Å². The fourth-order valence-corrected chi connectivity index (χ4v) is 2.03. The maximum absolute atomic E-state index is 13.6. The summed E-state index contributed by atoms with van der Waals surface area (Å²) in [4.78, 5) is 11.9. The third kappa shape index (κ3) is 3.64. The van der Waals surface area contributed by atoms with E-state index < -0.39 is 0 Å². The minimum Gasteiger partial charge on any atom is -0.490 e. The van der Waals surface area contributed by atoms with Gasteiger partial charge in [-0.2, -0.15) is 5.10 Å². The molecule has 0 aliphatic carbocycles. The van der Waals surface area contributed by atoms with E-state index in [-0.39, 0.29) is 17.9 Å². The number of aromatic nitrogens is 2. The second-order valence-corrected chi connectivity index (χ2v) is 4.98. The number of hydrogen-bond acceptors (Lipinski definition) is 4. The second-order valence-electron chi connectivity index (χ2n) is 4.06. The van der Waals surface area contributed by atoms with E-state index in [4.69, 9.17) is 10.5 Å². The molecule has 0 aliphatic rings. The monoisotopic (exact) mass is 341 g/mol. The van der Waals surface area contributed by atoms with Crippen LogP contribution in [0.1, 0.15) is 5.56 Å². The van der Waals surface area contributed by atoms with Gasteiger partial charge in [-0.15, -0.1) is 0 Å². The van der Waals surface area contributed by atoms with Crippen LogP contribution < -0.4 is 16.0 Å². The molecule has 0 bridgehead atoms. The number of nitrogens with zero attached hydrogens (tertiary/aromatic N) is 2. The van der Waals surface area contributed by atoms with Gasteiger partial charge in [0.1, 0.15) is 18.2 Å². The minimum atomic E-state index is -0.384. The average molecular weight is 342 g/mol. The fraction of sp³-hybridized carbons (Fsp3) is 0.231. The van der Waals surface area contributed by atoms with E-state index in [0.29, 0.717) is 24.5 Å². The summed E-state index contributed by atoms with van der Waals surface area (Å²) < 4.78 is 20.7. The smallest absolute Gasteiger partial charge is 0.270 e. The largest absolute Gasteiger partial charge is 0.490 e. The number of halogens is 2. The summed E-state index contributed by atoms with van der Waals surface area (Å²) >= 11 is 3.26. The van der Waals surface area contributed by atoms with Gasteiger partial charge < -0.3 is 10.5 Å². The van der Waals surface area contributed by atoms with Crippen molar-refractivity contribution in [3.05, 3.63) is 56.7 Å². The van der Waals surface area contributed by atoms with Gasteiger partial charge in [-0.1, -0.05) is 15.9 Å². The lowest BCUT2D eigenvalue weighted by molar-refractivity contribution is 0.324. The van der Waals surface area contributed by atoms with E-state index in [1.54, 1.807) is 12.1 Å². The maximum atomic E-state index is 13.6. The first kappa shape index (κ1) is 14.7. The molecule has 2 N–H and O–H groups in total. The molecule has 0 aliphatic heterocycles. The molecular weight excluding hydrogens is 329 g/mol. The van der Waals surface area contributed by atoms with E-state index in [9.17, 15) is 9.18 Å². The van der Waals surface area contributed by atoms with Gasteiger partial charge in [0.05, 0.1) is 12.7 Å². The van der Waals surface area contributed by atoms with Gasteiger partial charge in [0.2, 0.25) is 0 Å². The summed E-state index contributed by atoms with van der Waals surface area (Å²) in [6.07, 6.45) is 1.41. The summed E-state index contributed by atoms with van der Waals surface area (Å²) in [7, 11) is 0. The van der Waals surface area contributed by atoms with Crippen LogP contribution in [0.15, 0.2) is 39.7 Å². The Hall–Kier alpha value is -1.73. The van der Waals surface area contributed by atoms with E-state index in [2.05, 4.69) is 21.0 Å². The maximum Gasteiger partial charge on any atom is 0.270 e. The molecule has 7 heteroatoms. The van der Waals surface area contributed by atoms with Gasteiger partial charge in [0.25, 0.3) is 5.56 Å². The summed E-state index contributed by atoms with van der Waals surface area (Å²) in [5.74, 6) is -0.0308. The van der Waals surface area contributed by atoms with Crippen LogP contribution in [0, 0.1) is 5.82 Å². The summed E-state index contributed by atoms with van der Waals surface area (Å²) in [5, 5.41) is 3.95. The Morgan fingerprint density at radius 1 is 1.40 bits per heavy atom. The molecule has 0 saturated heterocycles. The molecule has 5 nitrogen and oxygen atoms in total. The van der Waals surface area contributed by atoms with Gasteiger partial charge in [-0.05, 0) is 18.2 Å². The lowest BCUT2D eigenvalue weighted by atomic mass is 10.2. The van der Waals surface area contributed by atoms with Crippen LogP contribution in [0.5, 0.6) is 5.75 Å². The first-order valence-corrected chi connectivity index (χ1v) is 6.73. The number of nitrogens with two attached hydrogens (primary N) is 1. The minimum absolute atomic E-state index is 0.0568. The van der Waals surface area contributed by atoms with Crippen LogP contribution in [-0.2, 0) is 6.54 Å². The molecule has 0 saturated carbocycles. The van der Waals surface area contributed by atoms with Crippen molar-refractivity contribution in [3.8, 4) is 5.75 Å².